The van der Waals surface area contributed by atoms with Crippen molar-refractivity contribution in [2.24, 2.45) is 5.11 Å². The van der Waals surface area contributed by atoms with Crippen molar-refractivity contribution in [1.29, 1.82) is 5.53 Å². The Labute approximate surface area is 143 Å². The van der Waals surface area contributed by atoms with E-state index >= 15 is 0 Å². The van der Waals surface area contributed by atoms with E-state index in [4.69, 9.17) is 29.2 Å². The SMILES string of the molecule is CC(C)(C)OC(=O)CCOCCOCCOCCOCCN=[N+]=N. The van der Waals surface area contributed by atoms with Crippen LogP contribution in [0, 0.1) is 5.53 Å². The molecule has 9 nitrogen and oxygen atoms in total. The highest BCUT2D eigenvalue weighted by Gasteiger charge is 2.15. The zero-order chi connectivity index (χ0) is 18.1. The molecule has 0 saturated carbocycles. The van der Waals surface area contributed by atoms with Gasteiger partial charge in [-0.2, -0.15) is 0 Å². The van der Waals surface area contributed by atoms with Crippen LogP contribution in [0.25, 0.3) is 0 Å². The maximum absolute atomic E-state index is 11.4. The minimum absolute atomic E-state index is 0.240. The summed E-state index contributed by atoms with van der Waals surface area (Å²) in [6, 6.07) is 0. The molecule has 0 aromatic rings. The molecule has 0 bridgehead atoms. The number of hydrogen-bond donors (Lipinski definition) is 1. The molecule has 0 unspecified atom stereocenters. The van der Waals surface area contributed by atoms with Crippen LogP contribution in [0.5, 0.6) is 0 Å². The van der Waals surface area contributed by atoms with Gasteiger partial charge < -0.3 is 23.7 Å². The molecule has 1 N–H and O–H groups in total. The molecule has 24 heavy (non-hydrogen) atoms. The predicted octanol–water partition coefficient (Wildman–Crippen LogP) is 1.33. The predicted molar refractivity (Wildman–Crippen MR) is 85.9 cm³/mol. The third-order valence-electron chi connectivity index (χ3n) is 2.39. The number of nitrogens with zero attached hydrogens (tertiary/aromatic N) is 2. The summed E-state index contributed by atoms with van der Waals surface area (Å²) < 4.78 is 26.3. The first-order valence-corrected chi connectivity index (χ1v) is 8.02. The van der Waals surface area contributed by atoms with Crippen molar-refractivity contribution in [2.45, 2.75) is 32.8 Å². The van der Waals surface area contributed by atoms with Crippen molar-refractivity contribution in [1.82, 2.24) is 4.91 Å². The molecule has 0 heterocycles. The van der Waals surface area contributed by atoms with Crippen LogP contribution >= 0.6 is 0 Å². The fourth-order valence-corrected chi connectivity index (χ4v) is 1.47. The molecule has 140 valence electrons. The normalized spacial score (nSPS) is 11.1. The van der Waals surface area contributed by atoms with Gasteiger partial charge in [0, 0.05) is 0 Å². The highest BCUT2D eigenvalue weighted by molar-refractivity contribution is 5.69. The highest BCUT2D eigenvalue weighted by atomic mass is 16.6. The molecule has 0 fully saturated rings. The van der Waals surface area contributed by atoms with Gasteiger partial charge in [-0.3, -0.25) is 4.79 Å². The Morgan fingerprint density at radius 3 is 1.79 bits per heavy atom. The first-order valence-electron chi connectivity index (χ1n) is 8.02. The summed E-state index contributed by atoms with van der Waals surface area (Å²) in [5.74, 6) is -0.262. The van der Waals surface area contributed by atoms with E-state index in [0.717, 1.165) is 0 Å². The van der Waals surface area contributed by atoms with Gasteiger partial charge in [-0.15, -0.1) is 0 Å². The van der Waals surface area contributed by atoms with E-state index in [1.807, 2.05) is 20.8 Å². The maximum atomic E-state index is 11.4. The summed E-state index contributed by atoms with van der Waals surface area (Å²) in [6.45, 7) is 9.43. The number of esters is 1. The zero-order valence-corrected chi connectivity index (χ0v) is 14.9. The monoisotopic (exact) mass is 348 g/mol. The first-order chi connectivity index (χ1) is 11.5. The Morgan fingerprint density at radius 2 is 1.33 bits per heavy atom. The van der Waals surface area contributed by atoms with Crippen LogP contribution in [0.15, 0.2) is 5.11 Å². The van der Waals surface area contributed by atoms with Crippen molar-refractivity contribution in [2.75, 3.05) is 59.4 Å². The fourth-order valence-electron chi connectivity index (χ4n) is 1.47. The number of nitrogens with one attached hydrogen (secondary N) is 1. The van der Waals surface area contributed by atoms with Crippen LogP contribution in [0.1, 0.15) is 27.2 Å². The second kappa shape index (κ2) is 15.2. The molecule has 9 heteroatoms. The highest BCUT2D eigenvalue weighted by Crippen LogP contribution is 2.07. The lowest BCUT2D eigenvalue weighted by molar-refractivity contribution is -0.156. The first kappa shape index (κ1) is 22.6. The Balaban J connectivity index is 3.18. The zero-order valence-electron chi connectivity index (χ0n) is 14.9. The van der Waals surface area contributed by atoms with Gasteiger partial charge in [0.25, 0.3) is 0 Å². The summed E-state index contributed by atoms with van der Waals surface area (Å²) in [7, 11) is 0. The van der Waals surface area contributed by atoms with Gasteiger partial charge in [0.05, 0.1) is 59.3 Å². The Hall–Kier alpha value is -1.38. The third kappa shape index (κ3) is 18.7. The summed E-state index contributed by atoms with van der Waals surface area (Å²) in [6.07, 6.45) is 0.240. The number of hydrogen-bond acceptors (Lipinski definition) is 8. The molecule has 0 aliphatic rings. The molecule has 0 amide bonds. The van der Waals surface area contributed by atoms with Gasteiger partial charge in [-0.25, -0.2) is 0 Å². The molecule has 0 atom stereocenters. The smallest absolute Gasteiger partial charge is 0.308 e. The van der Waals surface area contributed by atoms with Gasteiger partial charge in [0.1, 0.15) is 22.8 Å². The lowest BCUT2D eigenvalue weighted by Crippen LogP contribution is -2.24. The third-order valence-corrected chi connectivity index (χ3v) is 2.39. The number of carbonyl (C=O) groups is 1. The van der Waals surface area contributed by atoms with Crippen LogP contribution < -0.4 is 4.91 Å². The van der Waals surface area contributed by atoms with E-state index in [1.165, 1.54) is 0 Å². The largest absolute Gasteiger partial charge is 0.460 e. The van der Waals surface area contributed by atoms with E-state index < -0.39 is 5.60 Å². The average molecular weight is 348 g/mol. The lowest BCUT2D eigenvalue weighted by Gasteiger charge is -2.19. The minimum atomic E-state index is -0.460. The number of rotatable bonds is 15. The van der Waals surface area contributed by atoms with Crippen LogP contribution in [0.3, 0.4) is 0 Å². The molecule has 0 aromatic carbocycles. The molecule has 0 spiro atoms. The second-order valence-electron chi connectivity index (χ2n) is 5.75. The van der Waals surface area contributed by atoms with Gasteiger partial charge >= 0.3 is 5.97 Å². The number of carbonyl (C=O) groups excluding carboxylic acids is 1. The van der Waals surface area contributed by atoms with Gasteiger partial charge in [-0.05, 0) is 20.8 Å². The maximum Gasteiger partial charge on any atom is 0.308 e. The van der Waals surface area contributed by atoms with E-state index in [2.05, 4.69) is 10.0 Å². The Bertz CT molecular complexity index is 367. The van der Waals surface area contributed by atoms with Crippen LogP contribution in [0.2, 0.25) is 0 Å². The Kier molecular flexibility index (Phi) is 14.3. The van der Waals surface area contributed by atoms with E-state index in [-0.39, 0.29) is 12.4 Å². The molecule has 0 aromatic heterocycles. The summed E-state index contributed by atoms with van der Waals surface area (Å²) >= 11 is 0. The van der Waals surface area contributed by atoms with Crippen LogP contribution in [0.4, 0.5) is 0 Å². The summed E-state index contributed by atoms with van der Waals surface area (Å²) in [5.41, 5.74) is 5.99. The minimum Gasteiger partial charge on any atom is -0.460 e. The van der Waals surface area contributed by atoms with Gasteiger partial charge in [0.15, 0.2) is 0 Å². The second-order valence-corrected chi connectivity index (χ2v) is 5.75. The fraction of sp³-hybridized carbons (Fsp3) is 0.933. The van der Waals surface area contributed by atoms with Crippen LogP contribution in [-0.2, 0) is 28.5 Å². The van der Waals surface area contributed by atoms with Crippen molar-refractivity contribution < 1.29 is 28.5 Å². The molecule has 0 radical (unpaired) electrons. The van der Waals surface area contributed by atoms with E-state index in [1.54, 1.807) is 0 Å². The average Bonchev–Trinajstić information content (AvgIpc) is 2.49. The summed E-state index contributed by atoms with van der Waals surface area (Å²) in [5, 5.41) is 3.45. The van der Waals surface area contributed by atoms with E-state index in [9.17, 15) is 4.79 Å². The van der Waals surface area contributed by atoms with E-state index in [0.29, 0.717) is 59.4 Å². The molecule has 0 aliphatic heterocycles. The van der Waals surface area contributed by atoms with Crippen molar-refractivity contribution >= 4 is 5.97 Å². The van der Waals surface area contributed by atoms with Crippen LogP contribution in [-0.4, -0.2) is 71.0 Å². The standard InChI is InChI=1S/C15H30N3O6/c1-15(2,3)24-14(19)4-6-20-8-10-22-12-13-23-11-9-21-7-5-17-18-16/h16H,4-13H2,1-3H3/q+1. The molecular weight excluding hydrogens is 318 g/mol. The number of ether oxygens (including phenoxy) is 5. The lowest BCUT2D eigenvalue weighted by atomic mass is 10.2. The van der Waals surface area contributed by atoms with Gasteiger partial charge in [0.2, 0.25) is 4.91 Å². The Morgan fingerprint density at radius 1 is 0.875 bits per heavy atom. The van der Waals surface area contributed by atoms with Crippen molar-refractivity contribution in [3.8, 4) is 0 Å². The quantitative estimate of drug-likeness (QED) is 0.207. The molecule has 0 saturated heterocycles. The van der Waals surface area contributed by atoms with Gasteiger partial charge in [-0.1, -0.05) is 0 Å². The van der Waals surface area contributed by atoms with Crippen molar-refractivity contribution in [3.63, 3.8) is 0 Å². The van der Waals surface area contributed by atoms with Crippen molar-refractivity contribution in [3.05, 3.63) is 0 Å². The molecular formula is C15H30N3O6+. The topological polar surface area (TPSA) is 114 Å². The summed E-state index contributed by atoms with van der Waals surface area (Å²) in [4.78, 5) is 14.3. The molecule has 0 rings (SSSR count). The molecule has 0 aliphatic carbocycles.